The van der Waals surface area contributed by atoms with E-state index in [9.17, 15) is 5.26 Å². The molecule has 3 aromatic heterocycles. The fourth-order valence-corrected chi connectivity index (χ4v) is 3.32. The van der Waals surface area contributed by atoms with Crippen LogP contribution in [0.2, 0.25) is 0 Å². The van der Waals surface area contributed by atoms with Gasteiger partial charge in [0.25, 0.3) is 0 Å². The van der Waals surface area contributed by atoms with E-state index in [-0.39, 0.29) is 0 Å². The summed E-state index contributed by atoms with van der Waals surface area (Å²) in [6, 6.07) is 4.18. The van der Waals surface area contributed by atoms with Crippen molar-refractivity contribution in [1.82, 2.24) is 24.8 Å². The van der Waals surface area contributed by atoms with Crippen molar-refractivity contribution >= 4 is 28.5 Å². The minimum atomic E-state index is 0.391. The van der Waals surface area contributed by atoms with E-state index in [0.717, 1.165) is 30.8 Å². The third kappa shape index (κ3) is 3.00. The topological polar surface area (TPSA) is 115 Å². The van der Waals surface area contributed by atoms with Gasteiger partial charge in [0.05, 0.1) is 23.8 Å². The van der Waals surface area contributed by atoms with E-state index in [1.807, 2.05) is 6.07 Å². The van der Waals surface area contributed by atoms with E-state index >= 15 is 0 Å². The number of likely N-dealkylation sites (N-methyl/N-ethyl adjacent to an activating group) is 1. The monoisotopic (exact) mass is 364 g/mol. The Morgan fingerprint density at radius 1 is 1.33 bits per heavy atom. The standard InChI is InChI=1S/C18H20N8O/c1-20-15-14-11(7-19)8-21-16(14)25-18(24-15)23-13-6-10-9-26(2)5-4-12(10)22-17(13)27-3/h6,8H,4-5,9H2,1-3H3,(H3,20,21,23,24,25). The lowest BCUT2D eigenvalue weighted by molar-refractivity contribution is 0.307. The predicted molar refractivity (Wildman–Crippen MR) is 102 cm³/mol. The van der Waals surface area contributed by atoms with Gasteiger partial charge in [0.2, 0.25) is 11.8 Å². The number of aromatic nitrogens is 4. The van der Waals surface area contributed by atoms with Crippen molar-refractivity contribution in [3.8, 4) is 11.9 Å². The van der Waals surface area contributed by atoms with Crippen LogP contribution >= 0.6 is 0 Å². The molecule has 0 fully saturated rings. The molecular weight excluding hydrogens is 344 g/mol. The fraction of sp³-hybridized carbons (Fsp3) is 0.333. The number of pyridine rings is 1. The molecule has 27 heavy (non-hydrogen) atoms. The number of nitrogens with one attached hydrogen (secondary N) is 3. The van der Waals surface area contributed by atoms with Crippen molar-refractivity contribution in [3.05, 3.63) is 29.1 Å². The summed E-state index contributed by atoms with van der Waals surface area (Å²) in [7, 11) is 5.45. The summed E-state index contributed by atoms with van der Waals surface area (Å²) in [6.07, 6.45) is 2.52. The average Bonchev–Trinajstić information content (AvgIpc) is 3.09. The molecule has 138 valence electrons. The molecule has 0 aromatic carbocycles. The zero-order valence-electron chi connectivity index (χ0n) is 15.4. The Balaban J connectivity index is 1.76. The van der Waals surface area contributed by atoms with Gasteiger partial charge < -0.3 is 25.3 Å². The number of aromatic amines is 1. The SMILES string of the molecule is CNc1nc(Nc2cc3c(nc2OC)CCN(C)C3)nc2[nH]cc(C#N)c12. The molecule has 0 aliphatic carbocycles. The summed E-state index contributed by atoms with van der Waals surface area (Å²) in [5.74, 6) is 1.48. The Morgan fingerprint density at radius 3 is 2.93 bits per heavy atom. The van der Waals surface area contributed by atoms with Crippen LogP contribution in [-0.2, 0) is 13.0 Å². The van der Waals surface area contributed by atoms with Gasteiger partial charge in [0.15, 0.2) is 0 Å². The molecule has 3 N–H and O–H groups in total. The first kappa shape index (κ1) is 17.1. The zero-order valence-corrected chi connectivity index (χ0v) is 15.4. The van der Waals surface area contributed by atoms with Crippen molar-refractivity contribution < 1.29 is 4.74 Å². The van der Waals surface area contributed by atoms with Crippen molar-refractivity contribution in [1.29, 1.82) is 5.26 Å². The van der Waals surface area contributed by atoms with Crippen LogP contribution in [-0.4, -0.2) is 52.6 Å². The summed E-state index contributed by atoms with van der Waals surface area (Å²) in [6.45, 7) is 1.82. The quantitative estimate of drug-likeness (QED) is 0.644. The Morgan fingerprint density at radius 2 is 2.19 bits per heavy atom. The molecule has 0 spiro atoms. The molecule has 0 amide bonds. The lowest BCUT2D eigenvalue weighted by Gasteiger charge is -2.25. The van der Waals surface area contributed by atoms with E-state index in [1.54, 1.807) is 20.4 Å². The van der Waals surface area contributed by atoms with Gasteiger partial charge >= 0.3 is 0 Å². The van der Waals surface area contributed by atoms with Gasteiger partial charge in [-0.05, 0) is 18.7 Å². The molecule has 1 aliphatic heterocycles. The summed E-state index contributed by atoms with van der Waals surface area (Å²) >= 11 is 0. The van der Waals surface area contributed by atoms with Crippen molar-refractivity contribution in [2.45, 2.75) is 13.0 Å². The second kappa shape index (κ2) is 6.74. The molecule has 1 aliphatic rings. The van der Waals surface area contributed by atoms with Gasteiger partial charge in [0, 0.05) is 32.8 Å². The van der Waals surface area contributed by atoms with Gasteiger partial charge in [-0.1, -0.05) is 0 Å². The Kier molecular flexibility index (Phi) is 4.25. The van der Waals surface area contributed by atoms with Crippen LogP contribution in [0.5, 0.6) is 5.88 Å². The molecule has 0 bridgehead atoms. The van der Waals surface area contributed by atoms with Gasteiger partial charge in [0.1, 0.15) is 23.2 Å². The number of nitrogens with zero attached hydrogens (tertiary/aromatic N) is 5. The summed E-state index contributed by atoms with van der Waals surface area (Å²) in [5, 5.41) is 16.2. The molecule has 4 heterocycles. The van der Waals surface area contributed by atoms with Crippen LogP contribution in [0.4, 0.5) is 17.5 Å². The number of H-pyrrole nitrogens is 1. The predicted octanol–water partition coefficient (Wildman–Crippen LogP) is 2.01. The number of ether oxygens (including phenoxy) is 1. The molecule has 0 radical (unpaired) electrons. The molecule has 0 atom stereocenters. The molecule has 4 rings (SSSR count). The molecule has 3 aromatic rings. The first-order valence-electron chi connectivity index (χ1n) is 8.62. The van der Waals surface area contributed by atoms with Crippen LogP contribution in [0.25, 0.3) is 11.0 Å². The van der Waals surface area contributed by atoms with E-state index in [0.29, 0.717) is 39.9 Å². The number of hydrogen-bond acceptors (Lipinski definition) is 8. The van der Waals surface area contributed by atoms with Crippen LogP contribution < -0.4 is 15.4 Å². The number of methoxy groups -OCH3 is 1. The first-order chi connectivity index (χ1) is 13.1. The van der Waals surface area contributed by atoms with Crippen molar-refractivity contribution in [2.24, 2.45) is 0 Å². The van der Waals surface area contributed by atoms with Gasteiger partial charge in [-0.2, -0.15) is 15.2 Å². The molecule has 0 unspecified atom stereocenters. The number of hydrogen-bond donors (Lipinski definition) is 3. The van der Waals surface area contributed by atoms with E-state index < -0.39 is 0 Å². The van der Waals surface area contributed by atoms with Gasteiger partial charge in [-0.25, -0.2) is 4.98 Å². The molecule has 0 saturated heterocycles. The average molecular weight is 364 g/mol. The smallest absolute Gasteiger partial charge is 0.237 e. The van der Waals surface area contributed by atoms with Crippen molar-refractivity contribution in [3.63, 3.8) is 0 Å². The number of anilines is 3. The Labute approximate surface area is 156 Å². The summed E-state index contributed by atoms with van der Waals surface area (Å²) in [4.78, 5) is 18.9. The largest absolute Gasteiger partial charge is 0.480 e. The minimum Gasteiger partial charge on any atom is -0.480 e. The number of fused-ring (bicyclic) bond motifs is 2. The molecule has 0 saturated carbocycles. The maximum atomic E-state index is 9.25. The van der Waals surface area contributed by atoms with Crippen LogP contribution in [0.15, 0.2) is 12.3 Å². The van der Waals surface area contributed by atoms with Crippen LogP contribution in [0.3, 0.4) is 0 Å². The minimum absolute atomic E-state index is 0.391. The second-order valence-electron chi connectivity index (χ2n) is 6.45. The van der Waals surface area contributed by atoms with Gasteiger partial charge in [-0.3, -0.25) is 0 Å². The molecular formula is C18H20N8O. The van der Waals surface area contributed by atoms with Gasteiger partial charge in [-0.15, -0.1) is 0 Å². The summed E-state index contributed by atoms with van der Waals surface area (Å²) in [5.41, 5.74) is 4.01. The van der Waals surface area contributed by atoms with Crippen LogP contribution in [0, 0.1) is 11.3 Å². The highest BCUT2D eigenvalue weighted by atomic mass is 16.5. The highest BCUT2D eigenvalue weighted by molar-refractivity contribution is 5.93. The van der Waals surface area contributed by atoms with Crippen LogP contribution in [0.1, 0.15) is 16.8 Å². The lowest BCUT2D eigenvalue weighted by Crippen LogP contribution is -2.27. The Bertz CT molecular complexity index is 1050. The van der Waals surface area contributed by atoms with E-state index in [4.69, 9.17) is 4.74 Å². The highest BCUT2D eigenvalue weighted by Gasteiger charge is 2.20. The first-order valence-corrected chi connectivity index (χ1v) is 8.62. The maximum absolute atomic E-state index is 9.25. The maximum Gasteiger partial charge on any atom is 0.237 e. The lowest BCUT2D eigenvalue weighted by atomic mass is 10.1. The third-order valence-corrected chi connectivity index (χ3v) is 4.66. The highest BCUT2D eigenvalue weighted by Crippen LogP contribution is 2.31. The third-order valence-electron chi connectivity index (χ3n) is 4.66. The van der Waals surface area contributed by atoms with Crippen molar-refractivity contribution in [2.75, 3.05) is 38.4 Å². The van der Waals surface area contributed by atoms with E-state index in [2.05, 4.69) is 48.6 Å². The Hall–Kier alpha value is -3.38. The van der Waals surface area contributed by atoms with E-state index in [1.165, 1.54) is 0 Å². The zero-order chi connectivity index (χ0) is 19.0. The normalized spacial score (nSPS) is 13.9. The molecule has 9 nitrogen and oxygen atoms in total. The second-order valence-corrected chi connectivity index (χ2v) is 6.45. The number of rotatable bonds is 4. The summed E-state index contributed by atoms with van der Waals surface area (Å²) < 4.78 is 5.47. The molecule has 9 heteroatoms. The number of nitriles is 1. The fourth-order valence-electron chi connectivity index (χ4n) is 3.32.